The van der Waals surface area contributed by atoms with Gasteiger partial charge in [-0.15, -0.1) is 0 Å². The molecule has 74 valence electrons. The molecular formula is C7H7ClN4OS. The fourth-order valence-electron chi connectivity index (χ4n) is 1.06. The maximum absolute atomic E-state index is 5.61. The number of nitrogens with zero attached hydrogens (tertiary/aromatic N) is 4. The summed E-state index contributed by atoms with van der Waals surface area (Å²) in [6.45, 7) is 0. The Bertz CT molecular complexity index is 452. The lowest BCUT2D eigenvalue weighted by Gasteiger charge is -1.95. The minimum Gasteiger partial charge on any atom is -0.481 e. The molecule has 14 heavy (non-hydrogen) atoms. The van der Waals surface area contributed by atoms with E-state index in [0.29, 0.717) is 16.6 Å². The highest BCUT2D eigenvalue weighted by molar-refractivity contribution is 7.09. The Morgan fingerprint density at radius 2 is 2.36 bits per heavy atom. The first kappa shape index (κ1) is 9.42. The summed E-state index contributed by atoms with van der Waals surface area (Å²) < 4.78 is 10.6. The number of aryl methyl sites for hydroxylation is 1. The molecule has 0 saturated carbocycles. The lowest BCUT2D eigenvalue weighted by atomic mass is 10.4. The van der Waals surface area contributed by atoms with E-state index in [2.05, 4.69) is 14.5 Å². The van der Waals surface area contributed by atoms with Crippen LogP contribution in [-0.2, 0) is 7.05 Å². The molecule has 0 atom stereocenters. The summed E-state index contributed by atoms with van der Waals surface area (Å²) >= 11 is 6.82. The predicted molar refractivity (Wildman–Crippen MR) is 53.7 cm³/mol. The van der Waals surface area contributed by atoms with Crippen LogP contribution in [0.15, 0.2) is 6.07 Å². The van der Waals surface area contributed by atoms with Crippen molar-refractivity contribution in [3.8, 4) is 16.6 Å². The van der Waals surface area contributed by atoms with Crippen molar-refractivity contribution in [3.05, 3.63) is 11.3 Å². The molecule has 0 unspecified atom stereocenters. The molecule has 0 spiro atoms. The van der Waals surface area contributed by atoms with Gasteiger partial charge in [-0.25, -0.2) is 9.67 Å². The van der Waals surface area contributed by atoms with Crippen molar-refractivity contribution < 1.29 is 4.74 Å². The van der Waals surface area contributed by atoms with E-state index in [9.17, 15) is 0 Å². The first-order chi connectivity index (χ1) is 6.70. The predicted octanol–water partition coefficient (Wildman–Crippen LogP) is 1.60. The molecule has 0 radical (unpaired) electrons. The Hall–Kier alpha value is -1.14. The van der Waals surface area contributed by atoms with Gasteiger partial charge < -0.3 is 4.74 Å². The minimum absolute atomic E-state index is 0.245. The zero-order valence-electron chi connectivity index (χ0n) is 7.56. The fourth-order valence-corrected chi connectivity index (χ4v) is 1.82. The van der Waals surface area contributed by atoms with E-state index in [1.807, 2.05) is 0 Å². The van der Waals surface area contributed by atoms with Crippen LogP contribution in [0.2, 0.25) is 5.28 Å². The third kappa shape index (κ3) is 1.58. The van der Waals surface area contributed by atoms with Gasteiger partial charge in [-0.1, -0.05) is 0 Å². The highest BCUT2D eigenvalue weighted by Crippen LogP contribution is 2.24. The second kappa shape index (κ2) is 3.55. The van der Waals surface area contributed by atoms with E-state index < -0.39 is 0 Å². The standard InChI is InChI=1S/C7H7ClN4OS/c1-12-5(13-2)3-4(10-12)6-9-7(8)11-14-6/h3H,1-2H3. The fraction of sp³-hybridized carbons (Fsp3) is 0.286. The van der Waals surface area contributed by atoms with Crippen LogP contribution in [-0.4, -0.2) is 26.2 Å². The average molecular weight is 231 g/mol. The third-order valence-electron chi connectivity index (χ3n) is 1.67. The van der Waals surface area contributed by atoms with Gasteiger partial charge in [0.1, 0.15) is 5.69 Å². The first-order valence-corrected chi connectivity index (χ1v) is 4.93. The van der Waals surface area contributed by atoms with Gasteiger partial charge in [0.05, 0.1) is 7.11 Å². The molecule has 0 amide bonds. The van der Waals surface area contributed by atoms with Crippen molar-refractivity contribution in [1.29, 1.82) is 0 Å². The number of rotatable bonds is 2. The Morgan fingerprint density at radius 3 is 2.86 bits per heavy atom. The van der Waals surface area contributed by atoms with Crippen LogP contribution in [0, 0.1) is 0 Å². The van der Waals surface area contributed by atoms with Crippen LogP contribution in [0.25, 0.3) is 10.7 Å². The topological polar surface area (TPSA) is 52.8 Å². The number of hydrogen-bond donors (Lipinski definition) is 0. The van der Waals surface area contributed by atoms with Gasteiger partial charge in [0.25, 0.3) is 0 Å². The van der Waals surface area contributed by atoms with E-state index in [1.54, 1.807) is 24.9 Å². The monoisotopic (exact) mass is 230 g/mol. The second-order valence-electron chi connectivity index (χ2n) is 2.56. The normalized spacial score (nSPS) is 10.5. The molecule has 0 saturated heterocycles. The summed E-state index contributed by atoms with van der Waals surface area (Å²) in [4.78, 5) is 4.01. The molecule has 0 aromatic carbocycles. The van der Waals surface area contributed by atoms with Crippen LogP contribution in [0.1, 0.15) is 0 Å². The van der Waals surface area contributed by atoms with Crippen LogP contribution >= 0.6 is 23.1 Å². The van der Waals surface area contributed by atoms with E-state index in [-0.39, 0.29) is 5.28 Å². The van der Waals surface area contributed by atoms with Gasteiger partial charge >= 0.3 is 0 Å². The molecule has 0 aliphatic carbocycles. The zero-order chi connectivity index (χ0) is 10.1. The highest BCUT2D eigenvalue weighted by atomic mass is 35.5. The molecule has 0 aliphatic rings. The molecule has 2 aromatic heterocycles. The van der Waals surface area contributed by atoms with Gasteiger partial charge in [0, 0.05) is 13.1 Å². The largest absolute Gasteiger partial charge is 0.481 e. The Balaban J connectivity index is 2.42. The van der Waals surface area contributed by atoms with Gasteiger partial charge in [0.2, 0.25) is 11.2 Å². The maximum atomic E-state index is 5.61. The van der Waals surface area contributed by atoms with Crippen molar-refractivity contribution in [2.24, 2.45) is 7.05 Å². The molecule has 0 N–H and O–H groups in total. The number of methoxy groups -OCH3 is 1. The summed E-state index contributed by atoms with van der Waals surface area (Å²) in [5.41, 5.74) is 0.716. The number of halogens is 1. The summed E-state index contributed by atoms with van der Waals surface area (Å²) in [5.74, 6) is 0.673. The van der Waals surface area contributed by atoms with Crippen molar-refractivity contribution in [3.63, 3.8) is 0 Å². The minimum atomic E-state index is 0.245. The van der Waals surface area contributed by atoms with Gasteiger partial charge in [0.15, 0.2) is 5.01 Å². The van der Waals surface area contributed by atoms with Gasteiger partial charge in [-0.3, -0.25) is 0 Å². The maximum Gasteiger partial charge on any atom is 0.234 e. The number of ether oxygens (including phenoxy) is 1. The van der Waals surface area contributed by atoms with Gasteiger partial charge in [-0.05, 0) is 23.1 Å². The molecule has 5 nitrogen and oxygen atoms in total. The van der Waals surface area contributed by atoms with Crippen molar-refractivity contribution in [1.82, 2.24) is 19.1 Å². The lowest BCUT2D eigenvalue weighted by Crippen LogP contribution is -1.94. The van der Waals surface area contributed by atoms with Crippen LogP contribution in [0.3, 0.4) is 0 Å². The summed E-state index contributed by atoms with van der Waals surface area (Å²) in [7, 11) is 3.39. The molecule has 7 heteroatoms. The van der Waals surface area contributed by atoms with E-state index in [4.69, 9.17) is 16.3 Å². The molecule has 0 bridgehead atoms. The second-order valence-corrected chi connectivity index (χ2v) is 3.65. The van der Waals surface area contributed by atoms with E-state index >= 15 is 0 Å². The average Bonchev–Trinajstić information content (AvgIpc) is 2.71. The Kier molecular flexibility index (Phi) is 2.39. The zero-order valence-corrected chi connectivity index (χ0v) is 9.13. The van der Waals surface area contributed by atoms with E-state index in [0.717, 1.165) is 0 Å². The lowest BCUT2D eigenvalue weighted by molar-refractivity contribution is 0.373. The Morgan fingerprint density at radius 1 is 1.57 bits per heavy atom. The molecule has 0 fully saturated rings. The summed E-state index contributed by atoms with van der Waals surface area (Å²) in [6, 6.07) is 1.79. The summed E-state index contributed by atoms with van der Waals surface area (Å²) in [6.07, 6.45) is 0. The molecule has 2 heterocycles. The summed E-state index contributed by atoms with van der Waals surface area (Å²) in [5, 5.41) is 5.14. The van der Waals surface area contributed by atoms with Crippen LogP contribution < -0.4 is 4.74 Å². The number of hydrogen-bond acceptors (Lipinski definition) is 5. The molecule has 0 aliphatic heterocycles. The van der Waals surface area contributed by atoms with Crippen LogP contribution in [0.5, 0.6) is 5.88 Å². The van der Waals surface area contributed by atoms with Crippen molar-refractivity contribution >= 4 is 23.1 Å². The van der Waals surface area contributed by atoms with Crippen molar-refractivity contribution in [2.45, 2.75) is 0 Å². The SMILES string of the molecule is COc1cc(-c2nc(Cl)ns2)nn1C. The highest BCUT2D eigenvalue weighted by Gasteiger charge is 2.11. The third-order valence-corrected chi connectivity index (χ3v) is 2.67. The Labute approximate surface area is 89.5 Å². The first-order valence-electron chi connectivity index (χ1n) is 3.78. The number of aromatic nitrogens is 4. The van der Waals surface area contributed by atoms with Gasteiger partial charge in [-0.2, -0.15) is 9.47 Å². The quantitative estimate of drug-likeness (QED) is 0.787. The molecular weight excluding hydrogens is 224 g/mol. The van der Waals surface area contributed by atoms with Crippen LogP contribution in [0.4, 0.5) is 0 Å². The van der Waals surface area contributed by atoms with E-state index in [1.165, 1.54) is 11.5 Å². The smallest absolute Gasteiger partial charge is 0.234 e. The molecule has 2 aromatic rings. The molecule has 2 rings (SSSR count). The van der Waals surface area contributed by atoms with Crippen molar-refractivity contribution in [2.75, 3.05) is 7.11 Å².